The summed E-state index contributed by atoms with van der Waals surface area (Å²) < 4.78 is 87.2. The number of alkyl halides is 6. The number of hydrogen-bond acceptors (Lipinski definition) is 6. The van der Waals surface area contributed by atoms with Gasteiger partial charge in [0.05, 0.1) is 16.8 Å². The molecule has 3 aromatic rings. The Morgan fingerprint density at radius 1 is 1.00 bits per heavy atom. The van der Waals surface area contributed by atoms with Crippen LogP contribution in [0.2, 0.25) is 0 Å². The highest BCUT2D eigenvalue weighted by Crippen LogP contribution is 2.40. The van der Waals surface area contributed by atoms with Crippen LogP contribution in [-0.2, 0) is 20.6 Å². The summed E-state index contributed by atoms with van der Waals surface area (Å²) in [6.07, 6.45) is -4.64. The Hall–Kier alpha value is -5.23. The van der Waals surface area contributed by atoms with Crippen LogP contribution < -0.4 is 10.2 Å². The number of carboxylic acid groups (broad SMARTS) is 1. The molecule has 2 fully saturated rings. The number of piperidine rings is 1. The molecule has 4 heterocycles. The molecule has 49 heavy (non-hydrogen) atoms. The zero-order valence-electron chi connectivity index (χ0n) is 26.0. The number of imide groups is 1. The predicted molar refractivity (Wildman–Crippen MR) is 156 cm³/mol. The quantitative estimate of drug-likeness (QED) is 0.298. The minimum absolute atomic E-state index is 0.0620. The van der Waals surface area contributed by atoms with Gasteiger partial charge in [0.2, 0.25) is 5.91 Å². The number of carbonyl (C=O) groups is 5. The number of likely N-dealkylation sites (tertiary alicyclic amines) is 1. The number of hydrogen-bond donors (Lipinski definition) is 2. The zero-order valence-corrected chi connectivity index (χ0v) is 26.0. The van der Waals surface area contributed by atoms with Gasteiger partial charge in [0.25, 0.3) is 11.8 Å². The molecular formula is C30H29F7N6O6. The van der Waals surface area contributed by atoms with Crippen LogP contribution in [0, 0.1) is 11.7 Å². The highest BCUT2D eigenvalue weighted by molar-refractivity contribution is 6.16. The summed E-state index contributed by atoms with van der Waals surface area (Å²) in [4.78, 5) is 70.1. The van der Waals surface area contributed by atoms with Crippen molar-refractivity contribution in [1.82, 2.24) is 24.5 Å². The predicted octanol–water partition coefficient (Wildman–Crippen LogP) is 4.34. The Bertz CT molecular complexity index is 1780. The van der Waals surface area contributed by atoms with Crippen LogP contribution in [0.1, 0.15) is 42.6 Å². The van der Waals surface area contributed by atoms with E-state index in [1.54, 1.807) is 49.0 Å². The van der Waals surface area contributed by atoms with Gasteiger partial charge in [0.15, 0.2) is 0 Å². The smallest absolute Gasteiger partial charge is 0.475 e. The van der Waals surface area contributed by atoms with E-state index < -0.39 is 76.5 Å². The van der Waals surface area contributed by atoms with Crippen LogP contribution in [-0.4, -0.2) is 91.9 Å². The van der Waals surface area contributed by atoms with E-state index in [-0.39, 0.29) is 25.9 Å². The molecule has 19 heteroatoms. The average molecular weight is 703 g/mol. The SMILES string of the molecule is CC(C)C(NC(=O)c1cc(C(F)(F)F)ccc1F)C(=O)N1CCC2(CC1)C(=O)N(C)C(=O)N2c1ccc2nccn2c1.O=C(O)C(F)(F)F. The van der Waals surface area contributed by atoms with Crippen molar-refractivity contribution in [3.63, 3.8) is 0 Å². The lowest BCUT2D eigenvalue weighted by atomic mass is 9.85. The number of rotatable bonds is 5. The van der Waals surface area contributed by atoms with Crippen LogP contribution in [0.4, 0.5) is 41.2 Å². The monoisotopic (exact) mass is 702 g/mol. The fourth-order valence-electron chi connectivity index (χ4n) is 5.57. The molecule has 5 amide bonds. The first-order valence-electron chi connectivity index (χ1n) is 14.5. The van der Waals surface area contributed by atoms with Crippen molar-refractivity contribution in [2.45, 2.75) is 50.6 Å². The molecule has 2 aromatic heterocycles. The van der Waals surface area contributed by atoms with E-state index in [9.17, 15) is 49.9 Å². The van der Waals surface area contributed by atoms with Crippen molar-refractivity contribution in [3.8, 4) is 0 Å². The van der Waals surface area contributed by atoms with Crippen molar-refractivity contribution >= 4 is 41.1 Å². The summed E-state index contributed by atoms with van der Waals surface area (Å²) in [5, 5.41) is 9.52. The molecule has 1 aromatic carbocycles. The van der Waals surface area contributed by atoms with E-state index in [4.69, 9.17) is 9.90 Å². The van der Waals surface area contributed by atoms with Crippen LogP contribution in [0.25, 0.3) is 5.65 Å². The number of urea groups is 1. The molecule has 2 aliphatic heterocycles. The van der Waals surface area contributed by atoms with E-state index >= 15 is 0 Å². The number of carboxylic acids is 1. The molecule has 0 aliphatic carbocycles. The number of benzene rings is 1. The number of fused-ring (bicyclic) bond motifs is 1. The third-order valence-corrected chi connectivity index (χ3v) is 8.14. The number of likely N-dealkylation sites (N-methyl/N-ethyl adjacent to an activating group) is 1. The minimum Gasteiger partial charge on any atom is -0.475 e. The summed E-state index contributed by atoms with van der Waals surface area (Å²) in [6.45, 7) is 3.40. The van der Waals surface area contributed by atoms with E-state index in [0.29, 0.717) is 29.5 Å². The summed E-state index contributed by atoms with van der Waals surface area (Å²) >= 11 is 0. The van der Waals surface area contributed by atoms with Crippen molar-refractivity contribution < 1.29 is 59.8 Å². The maximum atomic E-state index is 14.3. The van der Waals surface area contributed by atoms with Gasteiger partial charge in [-0.25, -0.2) is 19.0 Å². The first-order chi connectivity index (χ1) is 22.7. The first-order valence-corrected chi connectivity index (χ1v) is 14.5. The largest absolute Gasteiger partial charge is 0.490 e. The minimum atomic E-state index is -5.08. The second-order valence-corrected chi connectivity index (χ2v) is 11.6. The number of aliphatic carboxylic acids is 1. The van der Waals surface area contributed by atoms with Gasteiger partial charge < -0.3 is 19.7 Å². The molecule has 5 rings (SSSR count). The number of halogens is 7. The molecule has 1 unspecified atom stereocenters. The normalized spacial score (nSPS) is 17.0. The number of nitrogens with zero attached hydrogens (tertiary/aromatic N) is 5. The van der Waals surface area contributed by atoms with Crippen LogP contribution in [0.3, 0.4) is 0 Å². The molecule has 0 bridgehead atoms. The van der Waals surface area contributed by atoms with Crippen LogP contribution >= 0.6 is 0 Å². The third kappa shape index (κ3) is 7.29. The van der Waals surface area contributed by atoms with Crippen molar-refractivity contribution in [2.75, 3.05) is 25.0 Å². The van der Waals surface area contributed by atoms with Gasteiger partial charge in [-0.2, -0.15) is 26.3 Å². The number of pyridine rings is 1. The number of imidazole rings is 1. The second kappa shape index (κ2) is 13.3. The van der Waals surface area contributed by atoms with Gasteiger partial charge in [-0.3, -0.25) is 24.2 Å². The highest BCUT2D eigenvalue weighted by atomic mass is 19.4. The number of amides is 5. The Morgan fingerprint density at radius 3 is 2.16 bits per heavy atom. The number of aromatic nitrogens is 2. The summed E-state index contributed by atoms with van der Waals surface area (Å²) in [5.41, 5.74) is -2.12. The molecule has 2 aliphatic rings. The summed E-state index contributed by atoms with van der Waals surface area (Å²) in [7, 11) is 1.40. The molecule has 264 valence electrons. The third-order valence-electron chi connectivity index (χ3n) is 8.14. The fraction of sp³-hybridized carbons (Fsp3) is 0.400. The van der Waals surface area contributed by atoms with Crippen LogP contribution in [0.15, 0.2) is 48.9 Å². The molecule has 1 atom stereocenters. The van der Waals surface area contributed by atoms with E-state index in [1.165, 1.54) is 16.8 Å². The summed E-state index contributed by atoms with van der Waals surface area (Å²) in [5.74, 6) is -6.50. The van der Waals surface area contributed by atoms with Gasteiger partial charge in [0, 0.05) is 38.7 Å². The molecule has 0 saturated carbocycles. The Labute approximate surface area is 273 Å². The van der Waals surface area contributed by atoms with Gasteiger partial charge >= 0.3 is 24.4 Å². The van der Waals surface area contributed by atoms with Crippen molar-refractivity contribution in [1.29, 1.82) is 0 Å². The Morgan fingerprint density at radius 2 is 1.61 bits per heavy atom. The van der Waals surface area contributed by atoms with Crippen molar-refractivity contribution in [3.05, 3.63) is 65.9 Å². The number of carbonyl (C=O) groups excluding carboxylic acids is 4. The lowest BCUT2D eigenvalue weighted by molar-refractivity contribution is -0.192. The Kier molecular flexibility index (Phi) is 9.97. The fourth-order valence-corrected chi connectivity index (χ4v) is 5.57. The topological polar surface area (TPSA) is 145 Å². The average Bonchev–Trinajstić information content (AvgIpc) is 3.56. The van der Waals surface area contributed by atoms with Gasteiger partial charge in [-0.15, -0.1) is 0 Å². The van der Waals surface area contributed by atoms with E-state index in [2.05, 4.69) is 10.3 Å². The molecule has 12 nitrogen and oxygen atoms in total. The summed E-state index contributed by atoms with van der Waals surface area (Å²) in [6, 6.07) is 3.24. The maximum absolute atomic E-state index is 14.3. The molecule has 1 spiro atoms. The van der Waals surface area contributed by atoms with Crippen molar-refractivity contribution in [2.24, 2.45) is 5.92 Å². The van der Waals surface area contributed by atoms with E-state index in [1.807, 2.05) is 0 Å². The molecule has 2 saturated heterocycles. The number of anilines is 1. The lowest BCUT2D eigenvalue weighted by Crippen LogP contribution is -2.60. The maximum Gasteiger partial charge on any atom is 0.490 e. The molecule has 2 N–H and O–H groups in total. The van der Waals surface area contributed by atoms with Gasteiger partial charge in [0.1, 0.15) is 23.0 Å². The van der Waals surface area contributed by atoms with Gasteiger partial charge in [-0.1, -0.05) is 13.8 Å². The first kappa shape index (κ1) is 36.6. The van der Waals surface area contributed by atoms with E-state index in [0.717, 1.165) is 4.90 Å². The lowest BCUT2D eigenvalue weighted by Gasteiger charge is -2.43. The van der Waals surface area contributed by atoms with Gasteiger partial charge in [-0.05, 0) is 49.1 Å². The Balaban J connectivity index is 0.000000698. The molecule has 0 radical (unpaired) electrons. The number of nitrogens with one attached hydrogen (secondary N) is 1. The zero-order chi connectivity index (χ0) is 36.6. The second-order valence-electron chi connectivity index (χ2n) is 11.6. The highest BCUT2D eigenvalue weighted by Gasteiger charge is 2.58. The molecular weight excluding hydrogens is 673 g/mol. The standard InChI is InChI=1S/C28H28F4N6O4.C2HF3O2/c1-16(2)22(34-23(39)19-14-17(28(30,31)32)4-6-20(19)29)24(40)36-11-8-27(9-12-36)25(41)35(3)26(42)38(27)18-5-7-21-33-10-13-37(21)15-18;3-2(4,5)1(6)7/h4-7,10,13-16,22H,8-9,11-12H2,1-3H3,(H,34,39);(H,6,7). The van der Waals surface area contributed by atoms with Crippen LogP contribution in [0.5, 0.6) is 0 Å².